The van der Waals surface area contributed by atoms with E-state index in [1.165, 1.54) is 49.8 Å². The Bertz CT molecular complexity index is 1420. The van der Waals surface area contributed by atoms with Crippen LogP contribution in [0.4, 0.5) is 5.69 Å². The fourth-order valence-corrected chi connectivity index (χ4v) is 7.49. The van der Waals surface area contributed by atoms with Gasteiger partial charge in [-0.2, -0.15) is 5.26 Å². The van der Waals surface area contributed by atoms with E-state index in [4.69, 9.17) is 5.73 Å². The number of nitrogens with zero attached hydrogens (tertiary/aromatic N) is 2. The van der Waals surface area contributed by atoms with Crippen molar-refractivity contribution in [3.05, 3.63) is 63.8 Å². The first-order valence-corrected chi connectivity index (χ1v) is 14.1. The zero-order valence-electron chi connectivity index (χ0n) is 22.4. The van der Waals surface area contributed by atoms with E-state index in [2.05, 4.69) is 48.9 Å². The Morgan fingerprint density at radius 1 is 1.11 bits per heavy atom. The van der Waals surface area contributed by atoms with Gasteiger partial charge in [-0.05, 0) is 66.5 Å². The fourth-order valence-electron chi connectivity index (χ4n) is 7.49. The van der Waals surface area contributed by atoms with Crippen molar-refractivity contribution in [1.29, 1.82) is 5.26 Å². The molecule has 2 unspecified atom stereocenters. The highest BCUT2D eigenvalue weighted by atomic mass is 16.1. The second kappa shape index (κ2) is 9.03. The molecule has 0 amide bonds. The van der Waals surface area contributed by atoms with Gasteiger partial charge in [0.2, 0.25) is 0 Å². The third kappa shape index (κ3) is 3.80. The Hall–Kier alpha value is -3.10. The molecule has 1 aromatic heterocycles. The van der Waals surface area contributed by atoms with E-state index in [1.54, 1.807) is 6.07 Å². The van der Waals surface area contributed by atoms with Crippen LogP contribution in [0.5, 0.6) is 0 Å². The van der Waals surface area contributed by atoms with Crippen LogP contribution in [0.2, 0.25) is 0 Å². The zero-order valence-corrected chi connectivity index (χ0v) is 22.4. The van der Waals surface area contributed by atoms with E-state index in [9.17, 15) is 10.1 Å². The predicted octanol–water partition coefficient (Wildman–Crippen LogP) is 6.55. The Kier molecular flexibility index (Phi) is 5.92. The molecule has 3 aliphatic rings. The molecule has 2 aromatic carbocycles. The molecular weight excluding hydrogens is 456 g/mol. The smallest absolute Gasteiger partial charge is 0.195 e. The van der Waals surface area contributed by atoms with Crippen LogP contribution in [0.25, 0.3) is 10.9 Å². The molecule has 5 nitrogen and oxygen atoms in total. The molecule has 1 aliphatic heterocycles. The van der Waals surface area contributed by atoms with Crippen LogP contribution in [0.3, 0.4) is 0 Å². The van der Waals surface area contributed by atoms with Gasteiger partial charge in [-0.15, -0.1) is 0 Å². The molecule has 37 heavy (non-hydrogen) atoms. The lowest BCUT2D eigenvalue weighted by Gasteiger charge is -2.44. The summed E-state index contributed by atoms with van der Waals surface area (Å²) in [4.78, 5) is 19.9. The number of carbonyl (C=O) groups is 1. The number of H-pyrrole nitrogens is 1. The molecule has 1 saturated heterocycles. The van der Waals surface area contributed by atoms with Crippen molar-refractivity contribution in [1.82, 2.24) is 4.98 Å². The van der Waals surface area contributed by atoms with Gasteiger partial charge in [-0.25, -0.2) is 0 Å². The van der Waals surface area contributed by atoms with Crippen molar-refractivity contribution >= 4 is 22.4 Å². The molecule has 1 saturated carbocycles. The highest BCUT2D eigenvalue weighted by Gasteiger charge is 2.41. The second-order valence-electron chi connectivity index (χ2n) is 12.0. The number of aryl methyl sites for hydroxylation is 1. The Morgan fingerprint density at radius 3 is 2.59 bits per heavy atom. The molecule has 5 heteroatoms. The monoisotopic (exact) mass is 494 g/mol. The number of nitrogens with two attached hydrogens (primary N) is 1. The maximum atomic E-state index is 13.9. The Morgan fingerprint density at radius 2 is 1.89 bits per heavy atom. The van der Waals surface area contributed by atoms with Crippen LogP contribution in [0, 0.1) is 23.2 Å². The SMILES string of the molecule is CCc1cc2c(cc1N1CCC(C3CCCCC3)CC1N)C(C)(C)c1[nH]c3cc(C#N)ccc3c1C2=O. The maximum Gasteiger partial charge on any atom is 0.195 e. The van der Waals surface area contributed by atoms with E-state index in [0.29, 0.717) is 5.56 Å². The minimum atomic E-state index is -0.379. The molecule has 2 fully saturated rings. The molecule has 0 bridgehead atoms. The molecular formula is C32H38N4O. The van der Waals surface area contributed by atoms with Gasteiger partial charge in [-0.1, -0.05) is 58.9 Å². The van der Waals surface area contributed by atoms with Gasteiger partial charge >= 0.3 is 0 Å². The highest BCUT2D eigenvalue weighted by Crippen LogP contribution is 2.46. The standard InChI is InChI=1S/C32H38N4O/c1-4-20-15-24-25(17-27(20)36-13-12-22(16-28(36)34)21-8-6-5-7-9-21)32(2,3)31-29(30(24)37)23-11-10-19(18-33)14-26(23)35-31/h10-11,14-15,17,21-22,28,35H,4-9,12-13,16,34H2,1-3H3. The molecule has 2 atom stereocenters. The number of hydrogen-bond acceptors (Lipinski definition) is 4. The van der Waals surface area contributed by atoms with Crippen LogP contribution in [0.1, 0.15) is 104 Å². The van der Waals surface area contributed by atoms with Gasteiger partial charge in [0.25, 0.3) is 0 Å². The van der Waals surface area contributed by atoms with Gasteiger partial charge in [0, 0.05) is 39.8 Å². The highest BCUT2D eigenvalue weighted by molar-refractivity contribution is 6.20. The van der Waals surface area contributed by atoms with E-state index in [0.717, 1.165) is 64.5 Å². The number of anilines is 1. The number of ketones is 1. The molecule has 3 N–H and O–H groups in total. The van der Waals surface area contributed by atoms with Crippen LogP contribution >= 0.6 is 0 Å². The number of rotatable bonds is 3. The summed E-state index contributed by atoms with van der Waals surface area (Å²) < 4.78 is 0. The van der Waals surface area contributed by atoms with Crippen molar-refractivity contribution in [3.63, 3.8) is 0 Å². The van der Waals surface area contributed by atoms with Crippen LogP contribution in [-0.2, 0) is 11.8 Å². The van der Waals surface area contributed by atoms with Gasteiger partial charge < -0.3 is 15.6 Å². The lowest BCUT2D eigenvalue weighted by atomic mass is 9.70. The Balaban J connectivity index is 1.39. The first-order valence-electron chi connectivity index (χ1n) is 14.1. The van der Waals surface area contributed by atoms with E-state index in [1.807, 2.05) is 12.1 Å². The second-order valence-corrected chi connectivity index (χ2v) is 12.0. The summed E-state index contributed by atoms with van der Waals surface area (Å²) in [6.07, 6.45) is 10.0. The van der Waals surface area contributed by atoms with Crippen molar-refractivity contribution in [3.8, 4) is 6.07 Å². The number of aromatic amines is 1. The molecule has 0 spiro atoms. The summed E-state index contributed by atoms with van der Waals surface area (Å²) in [5, 5.41) is 10.3. The number of nitriles is 1. The average molecular weight is 495 g/mol. The van der Waals surface area contributed by atoms with E-state index >= 15 is 0 Å². The van der Waals surface area contributed by atoms with Crippen LogP contribution in [0.15, 0.2) is 30.3 Å². The fraction of sp³-hybridized carbons (Fsp3) is 0.500. The first kappa shape index (κ1) is 24.2. The minimum Gasteiger partial charge on any atom is -0.357 e. The number of aromatic nitrogens is 1. The van der Waals surface area contributed by atoms with E-state index in [-0.39, 0.29) is 17.4 Å². The number of hydrogen-bond donors (Lipinski definition) is 2. The molecule has 2 aliphatic carbocycles. The summed E-state index contributed by atoms with van der Waals surface area (Å²) in [7, 11) is 0. The third-order valence-corrected chi connectivity index (χ3v) is 9.61. The Labute approximate surface area is 220 Å². The molecule has 2 heterocycles. The third-order valence-electron chi connectivity index (χ3n) is 9.61. The normalized spacial score (nSPS) is 23.5. The van der Waals surface area contributed by atoms with Crippen molar-refractivity contribution < 1.29 is 4.79 Å². The molecule has 192 valence electrons. The zero-order chi connectivity index (χ0) is 25.9. The van der Waals surface area contributed by atoms with Crippen molar-refractivity contribution in [2.24, 2.45) is 17.6 Å². The average Bonchev–Trinajstić information content (AvgIpc) is 3.32. The van der Waals surface area contributed by atoms with Crippen molar-refractivity contribution in [2.45, 2.75) is 83.7 Å². The number of nitrogens with one attached hydrogen (secondary N) is 1. The lowest BCUT2D eigenvalue weighted by Crippen LogP contribution is -2.50. The largest absolute Gasteiger partial charge is 0.357 e. The summed E-state index contributed by atoms with van der Waals surface area (Å²) >= 11 is 0. The molecule has 6 rings (SSSR count). The van der Waals surface area contributed by atoms with Gasteiger partial charge in [-0.3, -0.25) is 4.79 Å². The minimum absolute atomic E-state index is 0.0134. The van der Waals surface area contributed by atoms with Gasteiger partial charge in [0.05, 0.1) is 23.4 Å². The summed E-state index contributed by atoms with van der Waals surface area (Å²) in [6.45, 7) is 7.55. The number of benzene rings is 2. The summed E-state index contributed by atoms with van der Waals surface area (Å²) in [6, 6.07) is 12.2. The number of fused-ring (bicyclic) bond motifs is 4. The van der Waals surface area contributed by atoms with E-state index < -0.39 is 0 Å². The maximum absolute atomic E-state index is 13.9. The van der Waals surface area contributed by atoms with Crippen molar-refractivity contribution in [2.75, 3.05) is 11.4 Å². The first-order chi connectivity index (χ1) is 17.8. The predicted molar refractivity (Wildman–Crippen MR) is 149 cm³/mol. The van der Waals surface area contributed by atoms with Gasteiger partial charge in [0.1, 0.15) is 0 Å². The summed E-state index contributed by atoms with van der Waals surface area (Å²) in [5.74, 6) is 1.65. The number of carbonyl (C=O) groups excluding carboxylic acids is 1. The van der Waals surface area contributed by atoms with Gasteiger partial charge in [0.15, 0.2) is 5.78 Å². The topological polar surface area (TPSA) is 85.9 Å². The lowest BCUT2D eigenvalue weighted by molar-refractivity contribution is 0.103. The quantitative estimate of drug-likeness (QED) is 0.432. The van der Waals surface area contributed by atoms with Crippen LogP contribution < -0.4 is 10.6 Å². The summed E-state index contributed by atoms with van der Waals surface area (Å²) in [5.41, 5.74) is 13.9. The number of piperidine rings is 1. The van der Waals surface area contributed by atoms with Crippen LogP contribution in [-0.4, -0.2) is 23.5 Å². The molecule has 0 radical (unpaired) electrons. The molecule has 3 aromatic rings.